The number of hydrogen-bond acceptors (Lipinski definition) is 5. The summed E-state index contributed by atoms with van der Waals surface area (Å²) in [7, 11) is 8.22. The van der Waals surface area contributed by atoms with Gasteiger partial charge in [0.15, 0.2) is 0 Å². The summed E-state index contributed by atoms with van der Waals surface area (Å²) in [5.74, 6) is -5.38. The van der Waals surface area contributed by atoms with Gasteiger partial charge in [0.05, 0.1) is 18.8 Å². The van der Waals surface area contributed by atoms with Gasteiger partial charge in [-0.05, 0) is 41.3 Å². The fourth-order valence-corrected chi connectivity index (χ4v) is 0.668. The van der Waals surface area contributed by atoms with E-state index in [-0.39, 0.29) is 0 Å². The lowest BCUT2D eigenvalue weighted by molar-refractivity contribution is -0.152. The monoisotopic (exact) mass is 322 g/mol. The predicted octanol–water partition coefficient (Wildman–Crippen LogP) is 0.772. The number of hydrogen-bond donors (Lipinski definition) is 3. The van der Waals surface area contributed by atoms with Crippen LogP contribution in [0.15, 0.2) is 0 Å². The molecule has 0 aliphatic rings. The van der Waals surface area contributed by atoms with E-state index < -0.39 is 36.7 Å². The van der Waals surface area contributed by atoms with E-state index in [1.54, 1.807) is 0 Å². The zero-order valence-corrected chi connectivity index (χ0v) is 14.4. The van der Waals surface area contributed by atoms with Crippen LogP contribution in [0, 0.1) is 5.92 Å². The minimum atomic E-state index is -1.40. The average Bonchev–Trinajstić information content (AvgIpc) is 2.38. The van der Waals surface area contributed by atoms with E-state index in [0.29, 0.717) is 0 Å². The summed E-state index contributed by atoms with van der Waals surface area (Å²) >= 11 is 0. The highest BCUT2D eigenvalue weighted by molar-refractivity contribution is 5.82. The van der Waals surface area contributed by atoms with Gasteiger partial charge < -0.3 is 25.1 Å². The van der Waals surface area contributed by atoms with Crippen LogP contribution in [-0.4, -0.2) is 84.3 Å². The average molecular weight is 322 g/mol. The highest BCUT2D eigenvalue weighted by Gasteiger charge is 2.23. The molecule has 0 saturated heterocycles. The summed E-state index contributed by atoms with van der Waals surface area (Å²) in [6, 6.07) is 0. The van der Waals surface area contributed by atoms with Crippen molar-refractivity contribution in [1.82, 2.24) is 9.80 Å². The van der Waals surface area contributed by atoms with Gasteiger partial charge >= 0.3 is 17.9 Å². The van der Waals surface area contributed by atoms with Crippen molar-refractivity contribution in [1.29, 1.82) is 0 Å². The Morgan fingerprint density at radius 3 is 1.09 bits per heavy atom. The minimum absolute atomic E-state index is 0.665. The van der Waals surface area contributed by atoms with Crippen LogP contribution < -0.4 is 0 Å². The standard InChI is InChI=1S/C6H8O6.2C4H11N/c7-4(8)1-3(6(11)12)2-5(9)10;2*1-4-5(2)3/h3H,1-2H2,(H,7,8)(H,9,10)(H,11,12);2*4H2,1-3H3. The van der Waals surface area contributed by atoms with Gasteiger partial charge in [-0.2, -0.15) is 0 Å². The maximum atomic E-state index is 10.2. The Kier molecular flexibility index (Phi) is 18.1. The fraction of sp³-hybridized carbons (Fsp3) is 0.786. The van der Waals surface area contributed by atoms with E-state index in [2.05, 4.69) is 51.8 Å². The molecule has 0 bridgehead atoms. The van der Waals surface area contributed by atoms with Crippen LogP contribution in [0.3, 0.4) is 0 Å². The number of carbonyl (C=O) groups is 3. The highest BCUT2D eigenvalue weighted by Crippen LogP contribution is 2.08. The molecule has 0 rings (SSSR count). The van der Waals surface area contributed by atoms with E-state index in [1.165, 1.54) is 0 Å². The van der Waals surface area contributed by atoms with E-state index in [1.807, 2.05) is 0 Å². The van der Waals surface area contributed by atoms with Gasteiger partial charge in [-0.1, -0.05) is 13.8 Å². The van der Waals surface area contributed by atoms with Crippen LogP contribution in [0.2, 0.25) is 0 Å². The first-order chi connectivity index (χ1) is 9.97. The maximum Gasteiger partial charge on any atom is 0.307 e. The topological polar surface area (TPSA) is 118 Å². The zero-order valence-electron chi connectivity index (χ0n) is 14.4. The second-order valence-electron chi connectivity index (χ2n) is 5.02. The Bertz CT molecular complexity index is 294. The van der Waals surface area contributed by atoms with Gasteiger partial charge in [0.1, 0.15) is 0 Å². The van der Waals surface area contributed by atoms with Crippen LogP contribution in [0.4, 0.5) is 0 Å². The third kappa shape index (κ3) is 26.8. The molecule has 0 atom stereocenters. The Morgan fingerprint density at radius 1 is 0.773 bits per heavy atom. The number of carboxylic acid groups (broad SMARTS) is 3. The highest BCUT2D eigenvalue weighted by atomic mass is 16.4. The van der Waals surface area contributed by atoms with E-state index in [0.717, 1.165) is 13.1 Å². The maximum absolute atomic E-state index is 10.2. The zero-order chi connectivity index (χ0) is 18.3. The number of rotatable bonds is 7. The summed E-state index contributed by atoms with van der Waals surface area (Å²) in [5.41, 5.74) is 0. The second kappa shape index (κ2) is 15.7. The van der Waals surface area contributed by atoms with Crippen molar-refractivity contribution in [2.75, 3.05) is 41.3 Å². The summed E-state index contributed by atoms with van der Waals surface area (Å²) in [6.45, 7) is 6.53. The third-order valence-electron chi connectivity index (χ3n) is 2.46. The lowest BCUT2D eigenvalue weighted by Crippen LogP contribution is -2.20. The van der Waals surface area contributed by atoms with Crippen LogP contribution >= 0.6 is 0 Å². The molecule has 22 heavy (non-hydrogen) atoms. The third-order valence-corrected chi connectivity index (χ3v) is 2.46. The molecule has 0 unspecified atom stereocenters. The minimum Gasteiger partial charge on any atom is -0.481 e. The molecule has 8 heteroatoms. The summed E-state index contributed by atoms with van der Waals surface area (Å²) in [4.78, 5) is 34.6. The fourth-order valence-electron chi connectivity index (χ4n) is 0.668. The number of carboxylic acids is 3. The quantitative estimate of drug-likeness (QED) is 0.629. The first kappa shape index (κ1) is 25.3. The molecular weight excluding hydrogens is 292 g/mol. The molecule has 0 aliphatic carbocycles. The van der Waals surface area contributed by atoms with Crippen molar-refractivity contribution >= 4 is 17.9 Å². The number of nitrogens with zero attached hydrogens (tertiary/aromatic N) is 2. The molecule has 0 aliphatic heterocycles. The van der Waals surface area contributed by atoms with Gasteiger partial charge in [0.25, 0.3) is 0 Å². The van der Waals surface area contributed by atoms with Crippen LogP contribution in [0.5, 0.6) is 0 Å². The van der Waals surface area contributed by atoms with Crippen molar-refractivity contribution in [3.05, 3.63) is 0 Å². The molecule has 0 aromatic heterocycles. The molecule has 0 amide bonds. The van der Waals surface area contributed by atoms with Gasteiger partial charge in [0.2, 0.25) is 0 Å². The molecule has 3 N–H and O–H groups in total. The van der Waals surface area contributed by atoms with Crippen molar-refractivity contribution in [2.24, 2.45) is 5.92 Å². The van der Waals surface area contributed by atoms with Gasteiger partial charge in [0, 0.05) is 0 Å². The van der Waals surface area contributed by atoms with Crippen molar-refractivity contribution in [3.8, 4) is 0 Å². The van der Waals surface area contributed by atoms with Crippen LogP contribution in [0.25, 0.3) is 0 Å². The molecule has 0 radical (unpaired) electrons. The van der Waals surface area contributed by atoms with Crippen molar-refractivity contribution in [3.63, 3.8) is 0 Å². The Morgan fingerprint density at radius 2 is 1.00 bits per heavy atom. The van der Waals surface area contributed by atoms with Crippen LogP contribution in [0.1, 0.15) is 26.7 Å². The molecule has 0 fully saturated rings. The first-order valence-corrected chi connectivity index (χ1v) is 6.93. The molecule has 0 spiro atoms. The Hall–Kier alpha value is -1.67. The Labute approximate surface area is 132 Å². The van der Waals surface area contributed by atoms with Gasteiger partial charge in [-0.15, -0.1) is 0 Å². The van der Waals surface area contributed by atoms with Gasteiger partial charge in [-0.3, -0.25) is 14.4 Å². The normalized spacial score (nSPS) is 9.68. The predicted molar refractivity (Wildman–Crippen MR) is 84.1 cm³/mol. The summed E-state index contributed by atoms with van der Waals surface area (Å²) in [5, 5.41) is 24.7. The molecule has 0 saturated carbocycles. The molecule has 132 valence electrons. The lowest BCUT2D eigenvalue weighted by Gasteiger charge is -2.04. The van der Waals surface area contributed by atoms with Crippen molar-refractivity contribution < 1.29 is 29.7 Å². The van der Waals surface area contributed by atoms with E-state index in [4.69, 9.17) is 15.3 Å². The second-order valence-corrected chi connectivity index (χ2v) is 5.02. The molecular formula is C14H30N2O6. The first-order valence-electron chi connectivity index (χ1n) is 6.93. The van der Waals surface area contributed by atoms with Crippen LogP contribution in [-0.2, 0) is 14.4 Å². The lowest BCUT2D eigenvalue weighted by atomic mass is 10.0. The molecule has 0 heterocycles. The molecule has 0 aromatic carbocycles. The summed E-state index contributed by atoms with van der Waals surface area (Å²) in [6.07, 6.45) is -1.33. The molecule has 8 nitrogen and oxygen atoms in total. The van der Waals surface area contributed by atoms with E-state index in [9.17, 15) is 14.4 Å². The van der Waals surface area contributed by atoms with E-state index >= 15 is 0 Å². The Balaban J connectivity index is -0.000000298. The van der Waals surface area contributed by atoms with Crippen molar-refractivity contribution in [2.45, 2.75) is 26.7 Å². The summed E-state index contributed by atoms with van der Waals surface area (Å²) < 4.78 is 0. The smallest absolute Gasteiger partial charge is 0.307 e. The number of aliphatic carboxylic acids is 3. The SMILES string of the molecule is CCN(C)C.CCN(C)C.O=C(O)CC(CC(=O)O)C(=O)O. The largest absolute Gasteiger partial charge is 0.481 e. The molecule has 0 aromatic rings. The van der Waals surface area contributed by atoms with Gasteiger partial charge in [-0.25, -0.2) is 0 Å².